The zero-order valence-corrected chi connectivity index (χ0v) is 20.0. The molecule has 132 valence electrons. The molecule has 0 fully saturated rings. The average Bonchev–Trinajstić information content (AvgIpc) is 2.67. The summed E-state index contributed by atoms with van der Waals surface area (Å²) in [6, 6.07) is 2.13. The van der Waals surface area contributed by atoms with E-state index in [1.165, 1.54) is 65.8 Å². The molecule has 2 nitrogen and oxygen atoms in total. The second-order valence-corrected chi connectivity index (χ2v) is 8.72. The standard InChI is InChI=1S/C17H24B10N2/c1-3-2-4(5-7(18)11(22)15(26)12(23)8(5)19)29-17(28-3)6-9(20)13(24)16(27)14(25)10(6)21/h2H,18-27H2,1H3. The van der Waals surface area contributed by atoms with Crippen molar-refractivity contribution < 1.29 is 0 Å². The fourth-order valence-electron chi connectivity index (χ4n) is 4.53. The summed E-state index contributed by atoms with van der Waals surface area (Å²) in [6.07, 6.45) is 0. The molecule has 3 rings (SSSR count). The Hall–Kier alpha value is -1.83. The van der Waals surface area contributed by atoms with Gasteiger partial charge in [-0.15, -0.1) is 32.8 Å². The Morgan fingerprint density at radius 2 is 0.828 bits per heavy atom. The molecule has 3 aromatic rings. The van der Waals surface area contributed by atoms with E-state index in [1.54, 1.807) is 0 Å². The third-order valence-corrected chi connectivity index (χ3v) is 7.33. The topological polar surface area (TPSA) is 25.8 Å². The summed E-state index contributed by atoms with van der Waals surface area (Å²) in [5, 5.41) is 0. The summed E-state index contributed by atoms with van der Waals surface area (Å²) in [5.74, 6) is 0.843. The van der Waals surface area contributed by atoms with E-state index in [1.807, 2.05) is 0 Å². The number of aromatic nitrogens is 2. The van der Waals surface area contributed by atoms with Crippen LogP contribution in [0.3, 0.4) is 0 Å². The van der Waals surface area contributed by atoms with E-state index in [4.69, 9.17) is 9.97 Å². The Balaban J connectivity index is 2.37. The van der Waals surface area contributed by atoms with Crippen LogP contribution in [0.25, 0.3) is 22.6 Å². The van der Waals surface area contributed by atoms with Crippen molar-refractivity contribution in [2.45, 2.75) is 6.92 Å². The van der Waals surface area contributed by atoms with E-state index in [0.29, 0.717) is 0 Å². The second kappa shape index (κ2) is 7.78. The minimum absolute atomic E-state index is 0.843. The summed E-state index contributed by atoms with van der Waals surface area (Å²) >= 11 is 0. The van der Waals surface area contributed by atoms with Crippen LogP contribution in [-0.2, 0) is 0 Å². The van der Waals surface area contributed by atoms with Crippen LogP contribution in [0.4, 0.5) is 0 Å². The molecule has 1 heterocycles. The fraction of sp³-hybridized carbons (Fsp3) is 0.0588. The molecule has 0 aliphatic heterocycles. The van der Waals surface area contributed by atoms with E-state index >= 15 is 0 Å². The van der Waals surface area contributed by atoms with Crippen LogP contribution in [0.5, 0.6) is 0 Å². The maximum atomic E-state index is 5.13. The quantitative estimate of drug-likeness (QED) is 0.422. The number of aryl methyl sites for hydroxylation is 1. The Morgan fingerprint density at radius 3 is 1.24 bits per heavy atom. The van der Waals surface area contributed by atoms with Gasteiger partial charge >= 0.3 is 0 Å². The molecule has 2 aromatic carbocycles. The smallest absolute Gasteiger partial charge is 0.158 e. The Bertz CT molecular complexity index is 1030. The number of hydrogen-bond acceptors (Lipinski definition) is 2. The van der Waals surface area contributed by atoms with Crippen molar-refractivity contribution in [3.8, 4) is 22.6 Å². The summed E-state index contributed by atoms with van der Waals surface area (Å²) in [4.78, 5) is 10.0. The van der Waals surface area contributed by atoms with Gasteiger partial charge in [-0.05, 0) is 18.6 Å². The molecule has 0 radical (unpaired) electrons. The third kappa shape index (κ3) is 3.49. The maximum absolute atomic E-state index is 5.13. The van der Waals surface area contributed by atoms with Crippen molar-refractivity contribution in [1.29, 1.82) is 0 Å². The molecule has 1 aromatic heterocycles. The van der Waals surface area contributed by atoms with E-state index in [2.05, 4.69) is 91.5 Å². The van der Waals surface area contributed by atoms with Gasteiger partial charge in [0.15, 0.2) is 5.82 Å². The van der Waals surface area contributed by atoms with Gasteiger partial charge in [-0.2, -0.15) is 0 Å². The molecule has 0 spiro atoms. The summed E-state index contributed by atoms with van der Waals surface area (Å²) in [6.45, 7) is 2.08. The van der Waals surface area contributed by atoms with Crippen LogP contribution >= 0.6 is 0 Å². The molecule has 0 bridgehead atoms. The number of benzene rings is 2. The van der Waals surface area contributed by atoms with Crippen LogP contribution in [-0.4, -0.2) is 88.4 Å². The number of hydrogen-bond donors (Lipinski definition) is 0. The normalized spacial score (nSPS) is 10.9. The van der Waals surface area contributed by atoms with Gasteiger partial charge in [0, 0.05) is 11.3 Å². The van der Waals surface area contributed by atoms with Crippen molar-refractivity contribution in [3.05, 3.63) is 11.8 Å². The maximum Gasteiger partial charge on any atom is 0.158 e. The Kier molecular flexibility index (Phi) is 5.86. The van der Waals surface area contributed by atoms with Gasteiger partial charge in [-0.1, -0.05) is 21.9 Å². The lowest BCUT2D eigenvalue weighted by molar-refractivity contribution is 1.12. The van der Waals surface area contributed by atoms with Crippen LogP contribution in [0.15, 0.2) is 6.07 Å². The van der Waals surface area contributed by atoms with Gasteiger partial charge in [0.25, 0.3) is 0 Å². The SMILES string of the molecule is Bc1c(B)c(B)c(-c2cc(C)nc(-c3c(B)c(B)c(B)c(B)c3B)n2)c(B)c1B. The van der Waals surface area contributed by atoms with Crippen LogP contribution in [0, 0.1) is 6.92 Å². The van der Waals surface area contributed by atoms with Gasteiger partial charge in [0.1, 0.15) is 78.5 Å². The first kappa shape index (κ1) is 21.9. The number of nitrogens with zero attached hydrogens (tertiary/aromatic N) is 2. The highest BCUT2D eigenvalue weighted by Gasteiger charge is 2.19. The van der Waals surface area contributed by atoms with Gasteiger partial charge in [0.05, 0.1) is 5.69 Å². The molecule has 29 heavy (non-hydrogen) atoms. The molecule has 0 saturated heterocycles. The largest absolute Gasteiger partial charge is 0.233 e. The lowest BCUT2D eigenvalue weighted by Crippen LogP contribution is -2.55. The summed E-state index contributed by atoms with van der Waals surface area (Å²) < 4.78 is 0. The van der Waals surface area contributed by atoms with Crippen molar-refractivity contribution in [3.63, 3.8) is 0 Å². The summed E-state index contributed by atoms with van der Waals surface area (Å²) in [7, 11) is 22.1. The lowest BCUT2D eigenvalue weighted by Gasteiger charge is -2.22. The first-order chi connectivity index (χ1) is 13.5. The Labute approximate surface area is 184 Å². The van der Waals surface area contributed by atoms with Crippen LogP contribution in [0.2, 0.25) is 0 Å². The van der Waals surface area contributed by atoms with Gasteiger partial charge in [-0.3, -0.25) is 0 Å². The monoisotopic (exact) mass is 366 g/mol. The number of rotatable bonds is 2. The van der Waals surface area contributed by atoms with Crippen molar-refractivity contribution in [2.24, 2.45) is 0 Å². The highest BCUT2D eigenvalue weighted by molar-refractivity contribution is 6.69. The second-order valence-electron chi connectivity index (χ2n) is 8.72. The molecule has 0 amide bonds. The molecule has 12 heteroatoms. The molecule has 0 aliphatic rings. The van der Waals surface area contributed by atoms with E-state index in [0.717, 1.165) is 17.2 Å². The first-order valence-electron chi connectivity index (χ1n) is 10.5. The van der Waals surface area contributed by atoms with Crippen LogP contribution in [0.1, 0.15) is 5.69 Å². The minimum Gasteiger partial charge on any atom is -0.233 e. The zero-order valence-electron chi connectivity index (χ0n) is 20.0. The highest BCUT2D eigenvalue weighted by Crippen LogP contribution is 2.17. The molecule has 0 unspecified atom stereocenters. The Morgan fingerprint density at radius 1 is 0.483 bits per heavy atom. The zero-order chi connectivity index (χ0) is 21.8. The van der Waals surface area contributed by atoms with Crippen molar-refractivity contribution in [2.75, 3.05) is 0 Å². The van der Waals surface area contributed by atoms with Gasteiger partial charge in [-0.25, -0.2) is 9.97 Å². The summed E-state index contributed by atoms with van der Waals surface area (Å²) in [5.41, 5.74) is 17.8. The van der Waals surface area contributed by atoms with Gasteiger partial charge < -0.3 is 0 Å². The molecular formula is C17H24B10N2. The third-order valence-electron chi connectivity index (χ3n) is 7.33. The van der Waals surface area contributed by atoms with E-state index < -0.39 is 0 Å². The van der Waals surface area contributed by atoms with E-state index in [9.17, 15) is 0 Å². The molecule has 0 atom stereocenters. The molecule has 0 saturated carbocycles. The lowest BCUT2D eigenvalue weighted by atomic mass is 9.60. The minimum atomic E-state index is 0.843. The highest BCUT2D eigenvalue weighted by atomic mass is 14.9. The average molecular weight is 365 g/mol. The van der Waals surface area contributed by atoms with E-state index in [-0.39, 0.29) is 0 Å². The predicted octanol–water partition coefficient (Wildman–Crippen LogP) is -13.3. The molecular weight excluding hydrogens is 340 g/mol. The molecule has 0 N–H and O–H groups in total. The van der Waals surface area contributed by atoms with Crippen molar-refractivity contribution in [1.82, 2.24) is 9.97 Å². The van der Waals surface area contributed by atoms with Crippen LogP contribution < -0.4 is 54.6 Å². The van der Waals surface area contributed by atoms with Gasteiger partial charge in [0.2, 0.25) is 0 Å². The molecule has 0 aliphatic carbocycles. The first-order valence-corrected chi connectivity index (χ1v) is 10.5. The predicted molar refractivity (Wildman–Crippen MR) is 159 cm³/mol. The van der Waals surface area contributed by atoms with Crippen molar-refractivity contribution >= 4 is 133 Å². The fourth-order valence-corrected chi connectivity index (χ4v) is 4.53.